The lowest BCUT2D eigenvalue weighted by atomic mass is 10.2. The second-order valence-electron chi connectivity index (χ2n) is 6.94. The highest BCUT2D eigenvalue weighted by Gasteiger charge is 2.32. The average Bonchev–Trinajstić information content (AvgIpc) is 3.50. The van der Waals surface area contributed by atoms with Crippen molar-refractivity contribution in [2.45, 2.75) is 10.8 Å². The first-order chi connectivity index (χ1) is 15.4. The van der Waals surface area contributed by atoms with Crippen LogP contribution >= 0.6 is 11.3 Å². The number of tetrazole rings is 1. The summed E-state index contributed by atoms with van der Waals surface area (Å²) in [5.74, 6) is -0.380. The van der Waals surface area contributed by atoms with Gasteiger partial charge in [0, 0.05) is 37.1 Å². The maximum atomic E-state index is 12.9. The van der Waals surface area contributed by atoms with E-state index in [9.17, 15) is 18.0 Å². The Balaban J connectivity index is 1.35. The van der Waals surface area contributed by atoms with Gasteiger partial charge in [-0.1, -0.05) is 30.3 Å². The lowest BCUT2D eigenvalue weighted by Gasteiger charge is -2.33. The van der Waals surface area contributed by atoms with E-state index < -0.39 is 16.0 Å². The number of amides is 1. The number of carbonyl (C=O) groups is 2. The summed E-state index contributed by atoms with van der Waals surface area (Å²) < 4.78 is 31.7. The Bertz CT molecular complexity index is 1220. The smallest absolute Gasteiger partial charge is 0.338 e. The average molecular weight is 477 g/mol. The summed E-state index contributed by atoms with van der Waals surface area (Å²) in [5, 5.41) is 13.6. The van der Waals surface area contributed by atoms with Gasteiger partial charge in [0.25, 0.3) is 10.0 Å². The lowest BCUT2D eigenvalue weighted by molar-refractivity contribution is -0.133. The summed E-state index contributed by atoms with van der Waals surface area (Å²) in [6.45, 7) is 0.709. The Morgan fingerprint density at radius 2 is 1.84 bits per heavy atom. The van der Waals surface area contributed by atoms with Gasteiger partial charge in [-0.25, -0.2) is 13.2 Å². The molecule has 1 amide bonds. The van der Waals surface area contributed by atoms with Crippen LogP contribution in [0.1, 0.15) is 10.4 Å². The van der Waals surface area contributed by atoms with E-state index in [2.05, 4.69) is 20.1 Å². The molecule has 32 heavy (non-hydrogen) atoms. The number of esters is 1. The minimum atomic E-state index is -3.75. The second kappa shape index (κ2) is 9.14. The first-order valence-corrected chi connectivity index (χ1v) is 12.0. The summed E-state index contributed by atoms with van der Waals surface area (Å²) in [6, 6.07) is 10.6. The molecule has 1 saturated heterocycles. The maximum Gasteiger partial charge on any atom is 0.338 e. The molecule has 0 N–H and O–H groups in total. The SMILES string of the molecule is COC(=O)c1csc(S(=O)(=O)N2CCN(C(=O)Cn3nnc(-c4ccccc4)n3)CC2)c1. The van der Waals surface area contributed by atoms with E-state index in [0.717, 1.165) is 16.9 Å². The van der Waals surface area contributed by atoms with Gasteiger partial charge < -0.3 is 9.64 Å². The number of thiophene rings is 1. The third kappa shape index (κ3) is 4.54. The van der Waals surface area contributed by atoms with Crippen molar-refractivity contribution in [1.29, 1.82) is 0 Å². The number of hydrogen-bond donors (Lipinski definition) is 0. The van der Waals surface area contributed by atoms with Crippen LogP contribution in [0.3, 0.4) is 0 Å². The van der Waals surface area contributed by atoms with Crippen molar-refractivity contribution >= 4 is 33.2 Å². The molecule has 1 aliphatic rings. The number of carbonyl (C=O) groups excluding carboxylic acids is 2. The predicted molar refractivity (Wildman–Crippen MR) is 114 cm³/mol. The van der Waals surface area contributed by atoms with Gasteiger partial charge in [0.2, 0.25) is 11.7 Å². The van der Waals surface area contributed by atoms with Crippen LogP contribution in [0.5, 0.6) is 0 Å². The first-order valence-electron chi connectivity index (χ1n) is 9.66. The Morgan fingerprint density at radius 1 is 1.12 bits per heavy atom. The molecule has 0 saturated carbocycles. The molecule has 0 aliphatic carbocycles. The summed E-state index contributed by atoms with van der Waals surface area (Å²) in [5.41, 5.74) is 0.994. The molecular weight excluding hydrogens is 456 g/mol. The minimum absolute atomic E-state index is 0.0675. The molecule has 0 unspecified atom stereocenters. The van der Waals surface area contributed by atoms with Crippen LogP contribution in [0.15, 0.2) is 46.0 Å². The van der Waals surface area contributed by atoms with E-state index >= 15 is 0 Å². The molecule has 1 aromatic carbocycles. The summed E-state index contributed by atoms with van der Waals surface area (Å²) in [4.78, 5) is 27.0. The van der Waals surface area contributed by atoms with Gasteiger partial charge >= 0.3 is 5.97 Å². The molecule has 3 heterocycles. The third-order valence-corrected chi connectivity index (χ3v) is 8.26. The highest BCUT2D eigenvalue weighted by molar-refractivity contribution is 7.91. The number of aromatic nitrogens is 4. The molecule has 0 radical (unpaired) electrons. The quantitative estimate of drug-likeness (QED) is 0.476. The number of rotatable bonds is 6. The van der Waals surface area contributed by atoms with E-state index in [1.54, 1.807) is 4.90 Å². The third-order valence-electron chi connectivity index (χ3n) is 4.94. The molecule has 0 atom stereocenters. The van der Waals surface area contributed by atoms with E-state index in [-0.39, 0.29) is 48.4 Å². The van der Waals surface area contributed by atoms with Crippen LogP contribution in [0, 0.1) is 0 Å². The van der Waals surface area contributed by atoms with Crippen LogP contribution < -0.4 is 0 Å². The van der Waals surface area contributed by atoms with Crippen molar-refractivity contribution in [1.82, 2.24) is 29.4 Å². The van der Waals surface area contributed by atoms with Crippen molar-refractivity contribution < 1.29 is 22.7 Å². The number of piperazine rings is 1. The van der Waals surface area contributed by atoms with Crippen LogP contribution in [-0.4, -0.2) is 83.0 Å². The number of hydrogen-bond acceptors (Lipinski definition) is 9. The topological polar surface area (TPSA) is 128 Å². The molecule has 11 nitrogen and oxygen atoms in total. The van der Waals surface area contributed by atoms with Gasteiger partial charge in [0.05, 0.1) is 12.7 Å². The zero-order chi connectivity index (χ0) is 22.7. The number of sulfonamides is 1. The van der Waals surface area contributed by atoms with E-state index in [1.807, 2.05) is 30.3 Å². The zero-order valence-electron chi connectivity index (χ0n) is 17.1. The number of benzene rings is 1. The van der Waals surface area contributed by atoms with Crippen molar-refractivity contribution in [2.75, 3.05) is 33.3 Å². The van der Waals surface area contributed by atoms with Gasteiger partial charge in [-0.2, -0.15) is 9.10 Å². The molecular formula is C19H20N6O5S2. The molecule has 4 rings (SSSR count). The Morgan fingerprint density at radius 3 is 2.53 bits per heavy atom. The largest absolute Gasteiger partial charge is 0.465 e. The van der Waals surface area contributed by atoms with E-state index in [0.29, 0.717) is 5.82 Å². The summed E-state index contributed by atoms with van der Waals surface area (Å²) >= 11 is 0.965. The molecule has 2 aromatic heterocycles. The highest BCUT2D eigenvalue weighted by atomic mass is 32.2. The van der Waals surface area contributed by atoms with Gasteiger partial charge in [-0.05, 0) is 11.3 Å². The van der Waals surface area contributed by atoms with Crippen LogP contribution in [0.4, 0.5) is 0 Å². The lowest BCUT2D eigenvalue weighted by Crippen LogP contribution is -2.51. The first kappa shape index (κ1) is 22.0. The highest BCUT2D eigenvalue weighted by Crippen LogP contribution is 2.25. The van der Waals surface area contributed by atoms with Crippen LogP contribution in [0.25, 0.3) is 11.4 Å². The molecule has 1 fully saturated rings. The second-order valence-corrected chi connectivity index (χ2v) is 10.0. The molecule has 168 valence electrons. The fourth-order valence-electron chi connectivity index (χ4n) is 3.22. The molecule has 0 bridgehead atoms. The molecule has 1 aliphatic heterocycles. The fraction of sp³-hybridized carbons (Fsp3) is 0.316. The Kier molecular flexibility index (Phi) is 6.30. The monoisotopic (exact) mass is 476 g/mol. The number of nitrogens with zero attached hydrogens (tertiary/aromatic N) is 6. The van der Waals surface area contributed by atoms with E-state index in [4.69, 9.17) is 0 Å². The Labute approximate surface area is 188 Å². The van der Waals surface area contributed by atoms with Gasteiger partial charge in [0.15, 0.2) is 0 Å². The zero-order valence-corrected chi connectivity index (χ0v) is 18.8. The number of methoxy groups -OCH3 is 1. The minimum Gasteiger partial charge on any atom is -0.465 e. The Hall–Kier alpha value is -3.16. The van der Waals surface area contributed by atoms with Crippen molar-refractivity contribution in [3.05, 3.63) is 47.3 Å². The van der Waals surface area contributed by atoms with Gasteiger partial charge in [-0.3, -0.25) is 4.79 Å². The summed E-state index contributed by atoms with van der Waals surface area (Å²) in [6.07, 6.45) is 0. The van der Waals surface area contributed by atoms with Gasteiger partial charge in [0.1, 0.15) is 10.8 Å². The van der Waals surface area contributed by atoms with Crippen molar-refractivity contribution in [3.8, 4) is 11.4 Å². The maximum absolute atomic E-state index is 12.9. The van der Waals surface area contributed by atoms with Crippen LogP contribution in [0.2, 0.25) is 0 Å². The van der Waals surface area contributed by atoms with Crippen molar-refractivity contribution in [3.63, 3.8) is 0 Å². The standard InChI is InChI=1S/C19H20N6O5S2/c1-30-19(27)15-11-17(31-13-15)32(28,29)24-9-7-23(8-10-24)16(26)12-25-21-18(20-22-25)14-5-3-2-4-6-14/h2-6,11,13H,7-10,12H2,1H3. The van der Waals surface area contributed by atoms with Gasteiger partial charge in [-0.15, -0.1) is 21.5 Å². The molecule has 3 aromatic rings. The van der Waals surface area contributed by atoms with Crippen molar-refractivity contribution in [2.24, 2.45) is 0 Å². The normalized spacial score (nSPS) is 15.0. The molecule has 13 heteroatoms. The van der Waals surface area contributed by atoms with E-state index in [1.165, 1.54) is 27.7 Å². The predicted octanol–water partition coefficient (Wildman–Crippen LogP) is 0.721. The fourth-order valence-corrected chi connectivity index (χ4v) is 5.94. The number of ether oxygens (including phenoxy) is 1. The summed E-state index contributed by atoms with van der Waals surface area (Å²) in [7, 11) is -2.51. The molecule has 0 spiro atoms. The van der Waals surface area contributed by atoms with Crippen LogP contribution in [-0.2, 0) is 26.1 Å².